The summed E-state index contributed by atoms with van der Waals surface area (Å²) in [7, 11) is 2.14. The highest BCUT2D eigenvalue weighted by atomic mass is 15.1. The van der Waals surface area contributed by atoms with E-state index in [0.29, 0.717) is 12.1 Å². The van der Waals surface area contributed by atoms with Crippen LogP contribution in [0.1, 0.15) is 33.6 Å². The van der Waals surface area contributed by atoms with E-state index in [1.807, 2.05) is 0 Å². The highest BCUT2D eigenvalue weighted by Crippen LogP contribution is 2.03. The first-order chi connectivity index (χ1) is 5.07. The van der Waals surface area contributed by atoms with Gasteiger partial charge < -0.3 is 10.6 Å². The van der Waals surface area contributed by atoms with Crippen molar-refractivity contribution in [1.29, 1.82) is 0 Å². The molecule has 0 fully saturated rings. The molecular formula is C9H22N2. The second-order valence-corrected chi connectivity index (χ2v) is 3.55. The molecule has 0 aliphatic heterocycles. The summed E-state index contributed by atoms with van der Waals surface area (Å²) in [6.45, 7) is 7.53. The summed E-state index contributed by atoms with van der Waals surface area (Å²) in [5.41, 5.74) is 5.69. The average Bonchev–Trinajstić information content (AvgIpc) is 1.86. The van der Waals surface area contributed by atoms with Gasteiger partial charge in [0.1, 0.15) is 0 Å². The number of hydrogen-bond donors (Lipinski definition) is 1. The molecule has 2 atom stereocenters. The Kier molecular flexibility index (Phi) is 5.51. The van der Waals surface area contributed by atoms with E-state index in [2.05, 4.69) is 32.7 Å². The van der Waals surface area contributed by atoms with Crippen molar-refractivity contribution in [2.24, 2.45) is 5.73 Å². The molecule has 2 nitrogen and oxygen atoms in total. The molecule has 68 valence electrons. The van der Waals surface area contributed by atoms with Crippen LogP contribution in [0.3, 0.4) is 0 Å². The van der Waals surface area contributed by atoms with Crippen molar-refractivity contribution in [2.75, 3.05) is 13.6 Å². The molecule has 0 heterocycles. The quantitative estimate of drug-likeness (QED) is 0.656. The lowest BCUT2D eigenvalue weighted by Crippen LogP contribution is -2.38. The fraction of sp³-hybridized carbons (Fsp3) is 1.00. The highest BCUT2D eigenvalue weighted by molar-refractivity contribution is 4.66. The maximum atomic E-state index is 5.69. The molecule has 0 amide bonds. The van der Waals surface area contributed by atoms with Crippen molar-refractivity contribution in [3.63, 3.8) is 0 Å². The van der Waals surface area contributed by atoms with E-state index in [4.69, 9.17) is 5.73 Å². The lowest BCUT2D eigenvalue weighted by molar-refractivity contribution is 0.234. The third kappa shape index (κ3) is 5.22. The summed E-state index contributed by atoms with van der Waals surface area (Å²) in [6.07, 6.45) is 2.52. The van der Waals surface area contributed by atoms with E-state index in [1.165, 1.54) is 12.8 Å². The van der Waals surface area contributed by atoms with Crippen molar-refractivity contribution in [1.82, 2.24) is 4.90 Å². The van der Waals surface area contributed by atoms with E-state index in [1.54, 1.807) is 0 Å². The van der Waals surface area contributed by atoms with Gasteiger partial charge in [0.25, 0.3) is 0 Å². The summed E-state index contributed by atoms with van der Waals surface area (Å²) in [5, 5.41) is 0. The minimum atomic E-state index is 0.291. The number of nitrogens with zero attached hydrogens (tertiary/aromatic N) is 1. The van der Waals surface area contributed by atoms with Crippen LogP contribution in [0, 0.1) is 0 Å². The van der Waals surface area contributed by atoms with Gasteiger partial charge in [0.2, 0.25) is 0 Å². The molecule has 0 bridgehead atoms. The molecule has 0 aliphatic rings. The van der Waals surface area contributed by atoms with E-state index < -0.39 is 0 Å². The number of hydrogen-bond acceptors (Lipinski definition) is 2. The van der Waals surface area contributed by atoms with Crippen LogP contribution in [0.4, 0.5) is 0 Å². The second kappa shape index (κ2) is 5.56. The molecule has 11 heavy (non-hydrogen) atoms. The summed E-state index contributed by atoms with van der Waals surface area (Å²) < 4.78 is 0. The van der Waals surface area contributed by atoms with E-state index >= 15 is 0 Å². The second-order valence-electron chi connectivity index (χ2n) is 3.55. The van der Waals surface area contributed by atoms with Crippen molar-refractivity contribution in [3.05, 3.63) is 0 Å². The summed E-state index contributed by atoms with van der Waals surface area (Å²) >= 11 is 0. The van der Waals surface area contributed by atoms with Crippen LogP contribution in [-0.4, -0.2) is 30.6 Å². The van der Waals surface area contributed by atoms with Gasteiger partial charge >= 0.3 is 0 Å². The van der Waals surface area contributed by atoms with Crippen LogP contribution in [0.15, 0.2) is 0 Å². The SMILES string of the molecule is CCCC(C)N(C)C[C@H](C)N. The average molecular weight is 158 g/mol. The Morgan fingerprint density at radius 1 is 1.36 bits per heavy atom. The van der Waals surface area contributed by atoms with Gasteiger partial charge in [-0.05, 0) is 27.3 Å². The van der Waals surface area contributed by atoms with Crippen molar-refractivity contribution in [3.8, 4) is 0 Å². The molecule has 0 aromatic carbocycles. The maximum absolute atomic E-state index is 5.69. The molecular weight excluding hydrogens is 136 g/mol. The first kappa shape index (κ1) is 10.9. The first-order valence-corrected chi connectivity index (χ1v) is 4.53. The Bertz CT molecular complexity index is 91.6. The summed E-state index contributed by atoms with van der Waals surface area (Å²) in [5.74, 6) is 0. The third-order valence-corrected chi connectivity index (χ3v) is 2.03. The molecule has 2 N–H and O–H groups in total. The molecule has 0 spiro atoms. The lowest BCUT2D eigenvalue weighted by atomic mass is 10.1. The Balaban J connectivity index is 3.54. The zero-order valence-corrected chi connectivity index (χ0v) is 8.30. The fourth-order valence-electron chi connectivity index (χ4n) is 1.27. The number of rotatable bonds is 5. The van der Waals surface area contributed by atoms with Crippen LogP contribution in [0.25, 0.3) is 0 Å². The minimum Gasteiger partial charge on any atom is -0.327 e. The lowest BCUT2D eigenvalue weighted by Gasteiger charge is -2.25. The van der Waals surface area contributed by atoms with Crippen molar-refractivity contribution in [2.45, 2.75) is 45.7 Å². The molecule has 1 unspecified atom stereocenters. The Morgan fingerprint density at radius 2 is 1.91 bits per heavy atom. The predicted molar refractivity (Wildman–Crippen MR) is 50.6 cm³/mol. The van der Waals surface area contributed by atoms with Crippen LogP contribution in [-0.2, 0) is 0 Å². The normalized spacial score (nSPS) is 16.9. The zero-order valence-electron chi connectivity index (χ0n) is 8.30. The highest BCUT2D eigenvalue weighted by Gasteiger charge is 2.08. The van der Waals surface area contributed by atoms with Crippen LogP contribution < -0.4 is 5.73 Å². The van der Waals surface area contributed by atoms with Gasteiger partial charge in [0.15, 0.2) is 0 Å². The summed E-state index contributed by atoms with van der Waals surface area (Å²) in [4.78, 5) is 2.33. The molecule has 0 aromatic heterocycles. The maximum Gasteiger partial charge on any atom is 0.0139 e. The number of nitrogens with two attached hydrogens (primary N) is 1. The van der Waals surface area contributed by atoms with Crippen molar-refractivity contribution < 1.29 is 0 Å². The molecule has 0 saturated heterocycles. The first-order valence-electron chi connectivity index (χ1n) is 4.53. The largest absolute Gasteiger partial charge is 0.327 e. The molecule has 0 rings (SSSR count). The standard InChI is InChI=1S/C9H22N2/c1-5-6-9(3)11(4)7-8(2)10/h8-9H,5-7,10H2,1-4H3/t8-,9?/m0/s1. The molecule has 0 saturated carbocycles. The minimum absolute atomic E-state index is 0.291. The molecule has 0 aliphatic carbocycles. The Labute approximate surface area is 70.8 Å². The molecule has 0 radical (unpaired) electrons. The van der Waals surface area contributed by atoms with Gasteiger partial charge in [0, 0.05) is 18.6 Å². The predicted octanol–water partition coefficient (Wildman–Crippen LogP) is 1.45. The topological polar surface area (TPSA) is 29.3 Å². The van der Waals surface area contributed by atoms with Crippen LogP contribution in [0.5, 0.6) is 0 Å². The van der Waals surface area contributed by atoms with E-state index in [0.717, 1.165) is 6.54 Å². The third-order valence-electron chi connectivity index (χ3n) is 2.03. The number of likely N-dealkylation sites (N-methyl/N-ethyl adjacent to an activating group) is 1. The Morgan fingerprint density at radius 3 is 2.27 bits per heavy atom. The van der Waals surface area contributed by atoms with Gasteiger partial charge in [-0.3, -0.25) is 0 Å². The smallest absolute Gasteiger partial charge is 0.0139 e. The van der Waals surface area contributed by atoms with Gasteiger partial charge in [-0.1, -0.05) is 13.3 Å². The monoisotopic (exact) mass is 158 g/mol. The van der Waals surface area contributed by atoms with E-state index in [9.17, 15) is 0 Å². The van der Waals surface area contributed by atoms with Gasteiger partial charge in [-0.25, -0.2) is 0 Å². The van der Waals surface area contributed by atoms with Gasteiger partial charge in [-0.15, -0.1) is 0 Å². The summed E-state index contributed by atoms with van der Waals surface area (Å²) in [6, 6.07) is 0.963. The van der Waals surface area contributed by atoms with Crippen LogP contribution in [0.2, 0.25) is 0 Å². The van der Waals surface area contributed by atoms with Gasteiger partial charge in [-0.2, -0.15) is 0 Å². The molecule has 0 aromatic rings. The fourth-order valence-corrected chi connectivity index (χ4v) is 1.27. The van der Waals surface area contributed by atoms with Crippen molar-refractivity contribution >= 4 is 0 Å². The Hall–Kier alpha value is -0.0800. The van der Waals surface area contributed by atoms with E-state index in [-0.39, 0.29) is 0 Å². The van der Waals surface area contributed by atoms with Gasteiger partial charge in [0.05, 0.1) is 0 Å². The van der Waals surface area contributed by atoms with Crippen LogP contribution >= 0.6 is 0 Å². The zero-order chi connectivity index (χ0) is 8.85. The molecule has 2 heteroatoms.